The van der Waals surface area contributed by atoms with Gasteiger partial charge in [0.05, 0.1) is 18.1 Å². The zero-order chi connectivity index (χ0) is 10.0. The Bertz CT molecular complexity index is 279. The molecule has 2 atom stereocenters. The standard InChI is InChI=1S/C12H18O2/c1-10-3-2-6-12(13,7-4-10)11-5-8-14-9-11/h5,8-10,13H,2-4,6-7H2,1H3. The number of furan rings is 1. The summed E-state index contributed by atoms with van der Waals surface area (Å²) in [6.45, 7) is 2.26. The minimum Gasteiger partial charge on any atom is -0.472 e. The number of rotatable bonds is 1. The maximum atomic E-state index is 10.5. The van der Waals surface area contributed by atoms with Crippen LogP contribution in [0.5, 0.6) is 0 Å². The molecular weight excluding hydrogens is 176 g/mol. The van der Waals surface area contributed by atoms with E-state index in [9.17, 15) is 5.11 Å². The highest BCUT2D eigenvalue weighted by Crippen LogP contribution is 2.37. The lowest BCUT2D eigenvalue weighted by Crippen LogP contribution is -2.23. The van der Waals surface area contributed by atoms with Crippen LogP contribution in [0.2, 0.25) is 0 Å². The Labute approximate surface area is 84.9 Å². The van der Waals surface area contributed by atoms with E-state index in [-0.39, 0.29) is 0 Å². The van der Waals surface area contributed by atoms with E-state index < -0.39 is 5.60 Å². The third kappa shape index (κ3) is 1.85. The summed E-state index contributed by atoms with van der Waals surface area (Å²) in [5.41, 5.74) is 0.323. The third-order valence-corrected chi connectivity index (χ3v) is 3.40. The van der Waals surface area contributed by atoms with Crippen LogP contribution in [0.3, 0.4) is 0 Å². The molecule has 1 heterocycles. The van der Waals surface area contributed by atoms with E-state index in [1.54, 1.807) is 12.5 Å². The van der Waals surface area contributed by atoms with Crippen LogP contribution in [0.15, 0.2) is 23.0 Å². The molecule has 0 saturated heterocycles. The van der Waals surface area contributed by atoms with Crippen molar-refractivity contribution in [2.75, 3.05) is 0 Å². The fraction of sp³-hybridized carbons (Fsp3) is 0.667. The Hall–Kier alpha value is -0.760. The molecule has 2 heteroatoms. The van der Waals surface area contributed by atoms with Crippen molar-refractivity contribution >= 4 is 0 Å². The zero-order valence-corrected chi connectivity index (χ0v) is 8.70. The first-order valence-electron chi connectivity index (χ1n) is 5.46. The molecule has 1 aromatic heterocycles. The summed E-state index contributed by atoms with van der Waals surface area (Å²) in [6.07, 6.45) is 8.52. The number of aliphatic hydroxyl groups is 1. The van der Waals surface area contributed by atoms with Gasteiger partial charge in [0.2, 0.25) is 0 Å². The summed E-state index contributed by atoms with van der Waals surface area (Å²) in [7, 11) is 0. The van der Waals surface area contributed by atoms with E-state index in [0.29, 0.717) is 0 Å². The molecule has 1 fully saturated rings. The van der Waals surface area contributed by atoms with E-state index in [0.717, 1.165) is 37.2 Å². The largest absolute Gasteiger partial charge is 0.472 e. The molecule has 0 amide bonds. The van der Waals surface area contributed by atoms with Crippen molar-refractivity contribution in [3.05, 3.63) is 24.2 Å². The highest BCUT2D eigenvalue weighted by atomic mass is 16.3. The van der Waals surface area contributed by atoms with Gasteiger partial charge in [-0.25, -0.2) is 0 Å². The van der Waals surface area contributed by atoms with Gasteiger partial charge in [-0.3, -0.25) is 0 Å². The molecule has 1 aromatic rings. The van der Waals surface area contributed by atoms with E-state index in [2.05, 4.69) is 6.92 Å². The van der Waals surface area contributed by atoms with Crippen LogP contribution < -0.4 is 0 Å². The molecule has 0 aliphatic heterocycles. The van der Waals surface area contributed by atoms with Crippen molar-refractivity contribution in [2.24, 2.45) is 5.92 Å². The van der Waals surface area contributed by atoms with Crippen LogP contribution in [0, 0.1) is 5.92 Å². The normalized spacial score (nSPS) is 34.0. The lowest BCUT2D eigenvalue weighted by Gasteiger charge is -2.25. The summed E-state index contributed by atoms with van der Waals surface area (Å²) in [5.74, 6) is 0.746. The molecule has 2 unspecified atom stereocenters. The lowest BCUT2D eigenvalue weighted by molar-refractivity contribution is 0.0193. The summed E-state index contributed by atoms with van der Waals surface area (Å²) < 4.78 is 5.04. The van der Waals surface area contributed by atoms with Crippen molar-refractivity contribution in [1.82, 2.24) is 0 Å². The molecule has 2 rings (SSSR count). The van der Waals surface area contributed by atoms with Gasteiger partial charge < -0.3 is 9.52 Å². The second-order valence-electron chi connectivity index (χ2n) is 4.58. The quantitative estimate of drug-likeness (QED) is 0.697. The highest BCUT2D eigenvalue weighted by Gasteiger charge is 2.32. The van der Waals surface area contributed by atoms with E-state index in [4.69, 9.17) is 4.42 Å². The predicted molar refractivity (Wildman–Crippen MR) is 54.9 cm³/mol. The van der Waals surface area contributed by atoms with Crippen LogP contribution in [-0.2, 0) is 5.60 Å². The van der Waals surface area contributed by atoms with Crippen molar-refractivity contribution in [3.8, 4) is 0 Å². The van der Waals surface area contributed by atoms with Crippen LogP contribution in [0.4, 0.5) is 0 Å². The molecule has 1 N–H and O–H groups in total. The number of hydrogen-bond acceptors (Lipinski definition) is 2. The molecule has 78 valence electrons. The average molecular weight is 194 g/mol. The van der Waals surface area contributed by atoms with Crippen molar-refractivity contribution in [3.63, 3.8) is 0 Å². The molecule has 1 aliphatic rings. The Morgan fingerprint density at radius 2 is 2.29 bits per heavy atom. The van der Waals surface area contributed by atoms with Crippen molar-refractivity contribution < 1.29 is 9.52 Å². The maximum absolute atomic E-state index is 10.5. The van der Waals surface area contributed by atoms with E-state index in [1.165, 1.54) is 6.42 Å². The Morgan fingerprint density at radius 1 is 1.43 bits per heavy atom. The van der Waals surface area contributed by atoms with Crippen LogP contribution in [-0.4, -0.2) is 5.11 Å². The molecule has 0 spiro atoms. The average Bonchev–Trinajstić information content (AvgIpc) is 2.63. The molecule has 0 radical (unpaired) electrons. The molecule has 1 aliphatic carbocycles. The topological polar surface area (TPSA) is 33.4 Å². The van der Waals surface area contributed by atoms with E-state index >= 15 is 0 Å². The second-order valence-corrected chi connectivity index (χ2v) is 4.58. The Kier molecular flexibility index (Phi) is 2.64. The van der Waals surface area contributed by atoms with Gasteiger partial charge in [-0.15, -0.1) is 0 Å². The second kappa shape index (κ2) is 3.77. The smallest absolute Gasteiger partial charge is 0.0963 e. The lowest BCUT2D eigenvalue weighted by atomic mass is 9.88. The fourth-order valence-corrected chi connectivity index (χ4v) is 2.32. The zero-order valence-electron chi connectivity index (χ0n) is 8.70. The van der Waals surface area contributed by atoms with Gasteiger partial charge in [0.15, 0.2) is 0 Å². The minimum absolute atomic E-state index is 0.627. The van der Waals surface area contributed by atoms with Gasteiger partial charge in [0.1, 0.15) is 0 Å². The molecular formula is C12H18O2. The van der Waals surface area contributed by atoms with Crippen LogP contribution in [0.25, 0.3) is 0 Å². The first-order chi connectivity index (χ1) is 6.71. The fourth-order valence-electron chi connectivity index (χ4n) is 2.32. The van der Waals surface area contributed by atoms with Gasteiger partial charge in [0.25, 0.3) is 0 Å². The third-order valence-electron chi connectivity index (χ3n) is 3.40. The first-order valence-corrected chi connectivity index (χ1v) is 5.46. The summed E-state index contributed by atoms with van der Waals surface area (Å²) in [5, 5.41) is 10.5. The van der Waals surface area contributed by atoms with Gasteiger partial charge >= 0.3 is 0 Å². The minimum atomic E-state index is -0.627. The van der Waals surface area contributed by atoms with Crippen LogP contribution >= 0.6 is 0 Å². The van der Waals surface area contributed by atoms with Gasteiger partial charge in [-0.2, -0.15) is 0 Å². The van der Waals surface area contributed by atoms with Crippen molar-refractivity contribution in [2.45, 2.75) is 44.6 Å². The SMILES string of the molecule is CC1CCCC(O)(c2ccoc2)CC1. The number of hydrogen-bond donors (Lipinski definition) is 1. The first kappa shape index (κ1) is 9.78. The molecule has 1 saturated carbocycles. The monoisotopic (exact) mass is 194 g/mol. The Balaban J connectivity index is 2.15. The van der Waals surface area contributed by atoms with E-state index in [1.807, 2.05) is 6.07 Å². The summed E-state index contributed by atoms with van der Waals surface area (Å²) in [6, 6.07) is 1.88. The molecule has 2 nitrogen and oxygen atoms in total. The summed E-state index contributed by atoms with van der Waals surface area (Å²) >= 11 is 0. The van der Waals surface area contributed by atoms with Gasteiger partial charge in [-0.1, -0.05) is 13.3 Å². The molecule has 0 aromatic carbocycles. The summed E-state index contributed by atoms with van der Waals surface area (Å²) in [4.78, 5) is 0. The van der Waals surface area contributed by atoms with Gasteiger partial charge in [0, 0.05) is 5.56 Å². The van der Waals surface area contributed by atoms with Gasteiger partial charge in [-0.05, 0) is 37.7 Å². The van der Waals surface area contributed by atoms with Crippen LogP contribution in [0.1, 0.15) is 44.6 Å². The highest BCUT2D eigenvalue weighted by molar-refractivity contribution is 5.16. The van der Waals surface area contributed by atoms with Crippen molar-refractivity contribution in [1.29, 1.82) is 0 Å². The molecule has 0 bridgehead atoms. The maximum Gasteiger partial charge on any atom is 0.0963 e. The molecule has 14 heavy (non-hydrogen) atoms. The predicted octanol–water partition coefficient (Wildman–Crippen LogP) is 3.07. The Morgan fingerprint density at radius 3 is 3.00 bits per heavy atom.